The Kier molecular flexibility index (Phi) is 2.45. The molecular weight excluding hydrogens is 244 g/mol. The molecule has 0 atom stereocenters. The third-order valence-electron chi connectivity index (χ3n) is 1.76. The SMILES string of the molecule is O=c1cccc(-c2cccc(Br)n2)[nH]1. The standard InChI is InChI=1S/C10H7BrN2O/c11-9-5-1-3-7(12-9)8-4-2-6-10(14)13-8/h1-6H,(H,13,14). The van der Waals surface area contributed by atoms with E-state index in [-0.39, 0.29) is 5.56 Å². The van der Waals surface area contributed by atoms with E-state index in [1.54, 1.807) is 6.07 Å². The average Bonchev–Trinajstić information content (AvgIpc) is 2.18. The number of nitrogens with zero attached hydrogens (tertiary/aromatic N) is 1. The third kappa shape index (κ3) is 1.90. The van der Waals surface area contributed by atoms with Gasteiger partial charge in [-0.3, -0.25) is 4.79 Å². The van der Waals surface area contributed by atoms with Gasteiger partial charge in [-0.05, 0) is 34.1 Å². The minimum atomic E-state index is -0.121. The molecule has 2 rings (SSSR count). The lowest BCUT2D eigenvalue weighted by molar-refractivity contribution is 1.19. The zero-order valence-corrected chi connectivity index (χ0v) is 8.78. The Morgan fingerprint density at radius 1 is 1.14 bits per heavy atom. The van der Waals surface area contributed by atoms with Crippen molar-refractivity contribution in [3.05, 3.63) is 51.4 Å². The number of hydrogen-bond donors (Lipinski definition) is 1. The van der Waals surface area contributed by atoms with E-state index in [1.165, 1.54) is 6.07 Å². The molecule has 4 heteroatoms. The molecule has 0 radical (unpaired) electrons. The highest BCUT2D eigenvalue weighted by atomic mass is 79.9. The van der Waals surface area contributed by atoms with Gasteiger partial charge in [0.15, 0.2) is 0 Å². The highest BCUT2D eigenvalue weighted by Crippen LogP contribution is 2.15. The Morgan fingerprint density at radius 3 is 2.64 bits per heavy atom. The summed E-state index contributed by atoms with van der Waals surface area (Å²) in [4.78, 5) is 18.0. The van der Waals surface area contributed by atoms with Crippen molar-refractivity contribution in [2.75, 3.05) is 0 Å². The van der Waals surface area contributed by atoms with Gasteiger partial charge in [-0.25, -0.2) is 4.98 Å². The van der Waals surface area contributed by atoms with Crippen LogP contribution in [0.5, 0.6) is 0 Å². The van der Waals surface area contributed by atoms with Crippen LogP contribution in [0.4, 0.5) is 0 Å². The molecule has 3 nitrogen and oxygen atoms in total. The van der Waals surface area contributed by atoms with E-state index in [1.807, 2.05) is 24.3 Å². The number of aromatic amines is 1. The second-order valence-electron chi connectivity index (χ2n) is 2.77. The molecule has 0 unspecified atom stereocenters. The van der Waals surface area contributed by atoms with E-state index in [4.69, 9.17) is 0 Å². The van der Waals surface area contributed by atoms with Gasteiger partial charge in [-0.15, -0.1) is 0 Å². The molecule has 0 bridgehead atoms. The molecule has 2 heterocycles. The van der Waals surface area contributed by atoms with Gasteiger partial charge in [0.05, 0.1) is 11.4 Å². The van der Waals surface area contributed by atoms with E-state index in [0.29, 0.717) is 0 Å². The fourth-order valence-corrected chi connectivity index (χ4v) is 1.50. The van der Waals surface area contributed by atoms with Crippen LogP contribution in [0.25, 0.3) is 11.4 Å². The number of rotatable bonds is 1. The van der Waals surface area contributed by atoms with Gasteiger partial charge in [0, 0.05) is 6.07 Å². The number of halogens is 1. The van der Waals surface area contributed by atoms with Crippen molar-refractivity contribution in [3.63, 3.8) is 0 Å². The van der Waals surface area contributed by atoms with Crippen molar-refractivity contribution in [2.24, 2.45) is 0 Å². The van der Waals surface area contributed by atoms with Crippen LogP contribution in [0.15, 0.2) is 45.8 Å². The zero-order chi connectivity index (χ0) is 9.97. The van der Waals surface area contributed by atoms with Crippen molar-refractivity contribution in [3.8, 4) is 11.4 Å². The van der Waals surface area contributed by atoms with Crippen LogP contribution in [-0.2, 0) is 0 Å². The third-order valence-corrected chi connectivity index (χ3v) is 2.20. The molecule has 70 valence electrons. The molecule has 0 saturated heterocycles. The molecule has 0 spiro atoms. The van der Waals surface area contributed by atoms with Gasteiger partial charge in [-0.1, -0.05) is 12.1 Å². The highest BCUT2D eigenvalue weighted by Gasteiger charge is 1.99. The molecule has 0 fully saturated rings. The Bertz CT molecular complexity index is 507. The molecule has 0 saturated carbocycles. The maximum absolute atomic E-state index is 11.1. The number of aromatic nitrogens is 2. The topological polar surface area (TPSA) is 45.8 Å². The smallest absolute Gasteiger partial charge is 0.248 e. The summed E-state index contributed by atoms with van der Waals surface area (Å²) in [6.07, 6.45) is 0. The van der Waals surface area contributed by atoms with Crippen LogP contribution in [0.1, 0.15) is 0 Å². The van der Waals surface area contributed by atoms with Gasteiger partial charge < -0.3 is 4.98 Å². The summed E-state index contributed by atoms with van der Waals surface area (Å²) in [5.41, 5.74) is 1.35. The molecule has 0 aliphatic carbocycles. The summed E-state index contributed by atoms with van der Waals surface area (Å²) in [7, 11) is 0. The van der Waals surface area contributed by atoms with E-state index in [9.17, 15) is 4.79 Å². The van der Waals surface area contributed by atoms with Crippen molar-refractivity contribution in [1.29, 1.82) is 0 Å². The van der Waals surface area contributed by atoms with Gasteiger partial charge in [0.1, 0.15) is 4.60 Å². The Hall–Kier alpha value is -1.42. The maximum Gasteiger partial charge on any atom is 0.248 e. The van der Waals surface area contributed by atoms with Gasteiger partial charge in [-0.2, -0.15) is 0 Å². The maximum atomic E-state index is 11.1. The van der Waals surface area contributed by atoms with Crippen LogP contribution < -0.4 is 5.56 Å². The van der Waals surface area contributed by atoms with Crippen LogP contribution in [0.3, 0.4) is 0 Å². The van der Waals surface area contributed by atoms with Crippen molar-refractivity contribution < 1.29 is 0 Å². The number of H-pyrrole nitrogens is 1. The molecular formula is C10H7BrN2O. The first-order valence-electron chi connectivity index (χ1n) is 4.08. The van der Waals surface area contributed by atoms with E-state index in [2.05, 4.69) is 25.9 Å². The van der Waals surface area contributed by atoms with E-state index < -0.39 is 0 Å². The van der Waals surface area contributed by atoms with Gasteiger partial charge in [0.2, 0.25) is 5.56 Å². The molecule has 0 aliphatic rings. The van der Waals surface area contributed by atoms with Crippen LogP contribution >= 0.6 is 15.9 Å². The average molecular weight is 251 g/mol. The van der Waals surface area contributed by atoms with Crippen molar-refractivity contribution in [2.45, 2.75) is 0 Å². The predicted molar refractivity (Wildman–Crippen MR) is 58.0 cm³/mol. The lowest BCUT2D eigenvalue weighted by Gasteiger charge is -1.99. The quantitative estimate of drug-likeness (QED) is 0.789. The summed E-state index contributed by atoms with van der Waals surface area (Å²) < 4.78 is 0.750. The Labute approximate surface area is 89.0 Å². The summed E-state index contributed by atoms with van der Waals surface area (Å²) in [5, 5.41) is 0. The van der Waals surface area contributed by atoms with Crippen LogP contribution in [-0.4, -0.2) is 9.97 Å². The Balaban J connectivity index is 2.55. The monoisotopic (exact) mass is 250 g/mol. The molecule has 2 aromatic heterocycles. The lowest BCUT2D eigenvalue weighted by Crippen LogP contribution is -2.04. The van der Waals surface area contributed by atoms with E-state index >= 15 is 0 Å². The second kappa shape index (κ2) is 3.75. The van der Waals surface area contributed by atoms with Gasteiger partial charge >= 0.3 is 0 Å². The first-order chi connectivity index (χ1) is 6.75. The van der Waals surface area contributed by atoms with Crippen molar-refractivity contribution >= 4 is 15.9 Å². The molecule has 0 aromatic carbocycles. The first kappa shape index (κ1) is 9.15. The van der Waals surface area contributed by atoms with Crippen LogP contribution in [0, 0.1) is 0 Å². The second-order valence-corrected chi connectivity index (χ2v) is 3.59. The number of hydrogen-bond acceptors (Lipinski definition) is 2. The fraction of sp³-hybridized carbons (Fsp3) is 0. The molecule has 1 N–H and O–H groups in total. The minimum Gasteiger partial charge on any atom is -0.321 e. The zero-order valence-electron chi connectivity index (χ0n) is 7.20. The summed E-state index contributed by atoms with van der Waals surface area (Å²) in [6.45, 7) is 0. The number of nitrogens with one attached hydrogen (secondary N) is 1. The summed E-state index contributed by atoms with van der Waals surface area (Å²) >= 11 is 3.27. The summed E-state index contributed by atoms with van der Waals surface area (Å²) in [5.74, 6) is 0. The number of pyridine rings is 2. The minimum absolute atomic E-state index is 0.121. The highest BCUT2D eigenvalue weighted by molar-refractivity contribution is 9.10. The first-order valence-corrected chi connectivity index (χ1v) is 4.87. The molecule has 2 aromatic rings. The Morgan fingerprint density at radius 2 is 1.93 bits per heavy atom. The van der Waals surface area contributed by atoms with Crippen LogP contribution in [0.2, 0.25) is 0 Å². The van der Waals surface area contributed by atoms with Crippen molar-refractivity contribution in [1.82, 2.24) is 9.97 Å². The predicted octanol–water partition coefficient (Wildman–Crippen LogP) is 2.20. The molecule has 0 aliphatic heterocycles. The van der Waals surface area contributed by atoms with Gasteiger partial charge in [0.25, 0.3) is 0 Å². The van der Waals surface area contributed by atoms with E-state index in [0.717, 1.165) is 16.0 Å². The lowest BCUT2D eigenvalue weighted by atomic mass is 10.2. The molecule has 0 amide bonds. The molecule has 14 heavy (non-hydrogen) atoms. The normalized spacial score (nSPS) is 10.1. The summed E-state index contributed by atoms with van der Waals surface area (Å²) in [6, 6.07) is 10.5. The fourth-order valence-electron chi connectivity index (χ4n) is 1.16. The largest absolute Gasteiger partial charge is 0.321 e.